The van der Waals surface area contributed by atoms with Crippen molar-refractivity contribution in [2.24, 2.45) is 22.1 Å². The highest BCUT2D eigenvalue weighted by atomic mass is 127. The first-order valence-corrected chi connectivity index (χ1v) is 7.14. The molecule has 1 aliphatic rings. The minimum absolute atomic E-state index is 0. The molecule has 0 heterocycles. The maximum absolute atomic E-state index is 12.3. The number of nitrogens with two attached hydrogens (primary N) is 1. The van der Waals surface area contributed by atoms with Gasteiger partial charge in [-0.05, 0) is 36.3 Å². The molecule has 0 radical (unpaired) electrons. The molecule has 130 valence electrons. The van der Waals surface area contributed by atoms with Gasteiger partial charge in [0.15, 0.2) is 11.7 Å². The quantitative estimate of drug-likeness (QED) is 0.404. The van der Waals surface area contributed by atoms with Gasteiger partial charge in [-0.3, -0.25) is 4.99 Å². The number of alkyl halides is 3. The van der Waals surface area contributed by atoms with Gasteiger partial charge in [0, 0.05) is 6.54 Å². The SMILES string of the molecule is CC(C)C1(CN=C(N)Nc2ccccc2OC(F)(F)F)CC1.I. The van der Waals surface area contributed by atoms with E-state index >= 15 is 0 Å². The smallest absolute Gasteiger partial charge is 0.404 e. The van der Waals surface area contributed by atoms with Crippen LogP contribution >= 0.6 is 24.0 Å². The van der Waals surface area contributed by atoms with Gasteiger partial charge in [-0.15, -0.1) is 37.1 Å². The molecule has 1 aromatic carbocycles. The summed E-state index contributed by atoms with van der Waals surface area (Å²) in [5, 5.41) is 2.68. The van der Waals surface area contributed by atoms with Gasteiger partial charge in [0.2, 0.25) is 0 Å². The average Bonchev–Trinajstić information content (AvgIpc) is 3.18. The van der Waals surface area contributed by atoms with Gasteiger partial charge in [0.05, 0.1) is 5.69 Å². The number of nitrogens with zero attached hydrogens (tertiary/aromatic N) is 1. The molecule has 0 aromatic heterocycles. The number of anilines is 1. The zero-order valence-corrected chi connectivity index (χ0v) is 15.3. The van der Waals surface area contributed by atoms with Crippen LogP contribution in [0.1, 0.15) is 26.7 Å². The fourth-order valence-electron chi connectivity index (χ4n) is 2.28. The summed E-state index contributed by atoms with van der Waals surface area (Å²) in [5.74, 6) is 0.258. The fraction of sp³-hybridized carbons (Fsp3) is 0.533. The lowest BCUT2D eigenvalue weighted by Gasteiger charge is -2.18. The molecule has 1 saturated carbocycles. The van der Waals surface area contributed by atoms with Crippen LogP contribution in [-0.2, 0) is 0 Å². The Kier molecular flexibility index (Phi) is 6.55. The van der Waals surface area contributed by atoms with Crippen LogP contribution in [0.4, 0.5) is 18.9 Å². The predicted octanol–water partition coefficient (Wildman–Crippen LogP) is 4.37. The Hall–Kier alpha value is -1.19. The molecule has 8 heteroatoms. The molecular weight excluding hydrogens is 422 g/mol. The van der Waals surface area contributed by atoms with Crippen molar-refractivity contribution in [3.05, 3.63) is 24.3 Å². The van der Waals surface area contributed by atoms with E-state index in [-0.39, 0.29) is 46.8 Å². The molecule has 1 aromatic rings. The lowest BCUT2D eigenvalue weighted by molar-refractivity contribution is -0.274. The van der Waals surface area contributed by atoms with Crippen molar-refractivity contribution in [2.75, 3.05) is 11.9 Å². The van der Waals surface area contributed by atoms with E-state index in [4.69, 9.17) is 5.73 Å². The molecule has 4 nitrogen and oxygen atoms in total. The molecule has 1 fully saturated rings. The van der Waals surface area contributed by atoms with Crippen LogP contribution in [0.15, 0.2) is 29.3 Å². The molecule has 0 unspecified atom stereocenters. The molecule has 2 rings (SSSR count). The molecule has 0 spiro atoms. The van der Waals surface area contributed by atoms with E-state index in [0.29, 0.717) is 12.5 Å². The number of nitrogens with one attached hydrogen (secondary N) is 1. The maximum atomic E-state index is 12.3. The van der Waals surface area contributed by atoms with Gasteiger partial charge in [-0.1, -0.05) is 26.0 Å². The zero-order chi connectivity index (χ0) is 16.4. The molecule has 0 saturated heterocycles. The second-order valence-corrected chi connectivity index (χ2v) is 5.89. The predicted molar refractivity (Wildman–Crippen MR) is 95.2 cm³/mol. The number of para-hydroxylation sites is 2. The van der Waals surface area contributed by atoms with Crippen molar-refractivity contribution < 1.29 is 17.9 Å². The van der Waals surface area contributed by atoms with Crippen LogP contribution < -0.4 is 15.8 Å². The summed E-state index contributed by atoms with van der Waals surface area (Å²) in [4.78, 5) is 4.26. The molecule has 1 aliphatic carbocycles. The molecule has 23 heavy (non-hydrogen) atoms. The number of hydrogen-bond donors (Lipinski definition) is 2. The zero-order valence-electron chi connectivity index (χ0n) is 13.0. The number of halogens is 4. The van der Waals surface area contributed by atoms with E-state index in [1.165, 1.54) is 18.2 Å². The lowest BCUT2D eigenvalue weighted by Crippen LogP contribution is -2.26. The van der Waals surface area contributed by atoms with Crippen molar-refractivity contribution in [3.8, 4) is 5.75 Å². The minimum Gasteiger partial charge on any atom is -0.404 e. The molecule has 0 aliphatic heterocycles. The van der Waals surface area contributed by atoms with Crippen molar-refractivity contribution in [2.45, 2.75) is 33.1 Å². The summed E-state index contributed by atoms with van der Waals surface area (Å²) in [6, 6.07) is 5.73. The van der Waals surface area contributed by atoms with E-state index in [1.807, 2.05) is 0 Å². The third kappa shape index (κ3) is 5.74. The van der Waals surface area contributed by atoms with Crippen LogP contribution in [0.5, 0.6) is 5.75 Å². The Labute approximate surface area is 150 Å². The number of aliphatic imine (C=N–C) groups is 1. The number of guanidine groups is 1. The first-order chi connectivity index (χ1) is 10.2. The van der Waals surface area contributed by atoms with Gasteiger partial charge in [-0.25, -0.2) is 0 Å². The third-order valence-electron chi connectivity index (χ3n) is 4.06. The highest BCUT2D eigenvalue weighted by Crippen LogP contribution is 2.52. The first kappa shape index (κ1) is 19.9. The lowest BCUT2D eigenvalue weighted by atomic mass is 9.93. The molecule has 0 amide bonds. The van der Waals surface area contributed by atoms with Crippen molar-refractivity contribution >= 4 is 35.6 Å². The summed E-state index contributed by atoms with van der Waals surface area (Å²) in [6.07, 6.45) is -2.54. The number of hydrogen-bond acceptors (Lipinski definition) is 2. The molecule has 0 atom stereocenters. The molecule has 0 bridgehead atoms. The monoisotopic (exact) mass is 443 g/mol. The van der Waals surface area contributed by atoms with Gasteiger partial charge in [0.25, 0.3) is 0 Å². The van der Waals surface area contributed by atoms with Crippen LogP contribution in [0.2, 0.25) is 0 Å². The Morgan fingerprint density at radius 1 is 1.35 bits per heavy atom. The van der Waals surface area contributed by atoms with Gasteiger partial charge in [0.1, 0.15) is 0 Å². The summed E-state index contributed by atoms with van der Waals surface area (Å²) >= 11 is 0. The number of benzene rings is 1. The van der Waals surface area contributed by atoms with E-state index in [0.717, 1.165) is 12.8 Å². The Balaban J connectivity index is 0.00000264. The van der Waals surface area contributed by atoms with Crippen molar-refractivity contribution in [1.82, 2.24) is 0 Å². The number of rotatable bonds is 5. The third-order valence-corrected chi connectivity index (χ3v) is 4.06. The largest absolute Gasteiger partial charge is 0.573 e. The highest BCUT2D eigenvalue weighted by molar-refractivity contribution is 14.0. The average molecular weight is 443 g/mol. The topological polar surface area (TPSA) is 59.6 Å². The van der Waals surface area contributed by atoms with E-state index < -0.39 is 6.36 Å². The van der Waals surface area contributed by atoms with E-state index in [2.05, 4.69) is 28.9 Å². The molecular formula is C15H21F3IN3O. The summed E-state index contributed by atoms with van der Waals surface area (Å²) < 4.78 is 41.0. The second kappa shape index (κ2) is 7.59. The number of ether oxygens (including phenoxy) is 1. The van der Waals surface area contributed by atoms with Crippen molar-refractivity contribution in [3.63, 3.8) is 0 Å². The molecule has 3 N–H and O–H groups in total. The Morgan fingerprint density at radius 3 is 2.48 bits per heavy atom. The Morgan fingerprint density at radius 2 is 1.96 bits per heavy atom. The first-order valence-electron chi connectivity index (χ1n) is 7.14. The van der Waals surface area contributed by atoms with Crippen molar-refractivity contribution in [1.29, 1.82) is 0 Å². The van der Waals surface area contributed by atoms with Gasteiger partial charge in [-0.2, -0.15) is 0 Å². The normalized spacial score (nSPS) is 16.7. The Bertz CT molecular complexity index is 557. The van der Waals surface area contributed by atoms with E-state index in [9.17, 15) is 13.2 Å². The van der Waals surface area contributed by atoms with Crippen LogP contribution in [0.25, 0.3) is 0 Å². The van der Waals surface area contributed by atoms with Gasteiger partial charge < -0.3 is 15.8 Å². The second-order valence-electron chi connectivity index (χ2n) is 5.89. The fourth-order valence-corrected chi connectivity index (χ4v) is 2.28. The van der Waals surface area contributed by atoms with Gasteiger partial charge >= 0.3 is 6.36 Å². The standard InChI is InChI=1S/C15H20F3N3O.HI/c1-10(2)14(7-8-14)9-20-13(19)21-11-5-3-4-6-12(11)22-15(16,17)18;/h3-6,10H,7-9H2,1-2H3,(H3,19,20,21);1H. The van der Waals surface area contributed by atoms with Crippen LogP contribution in [-0.4, -0.2) is 18.9 Å². The highest BCUT2D eigenvalue weighted by Gasteiger charge is 2.45. The summed E-state index contributed by atoms with van der Waals surface area (Å²) in [6.45, 7) is 4.85. The summed E-state index contributed by atoms with van der Waals surface area (Å²) in [7, 11) is 0. The minimum atomic E-state index is -4.75. The van der Waals surface area contributed by atoms with E-state index in [1.54, 1.807) is 6.07 Å². The van der Waals surface area contributed by atoms with Crippen LogP contribution in [0, 0.1) is 11.3 Å². The maximum Gasteiger partial charge on any atom is 0.573 e. The summed E-state index contributed by atoms with van der Waals surface area (Å²) in [5.41, 5.74) is 6.10. The van der Waals surface area contributed by atoms with Crippen LogP contribution in [0.3, 0.4) is 0 Å².